The van der Waals surface area contributed by atoms with Crippen molar-refractivity contribution in [2.24, 2.45) is 16.8 Å². The van der Waals surface area contributed by atoms with Gasteiger partial charge in [0.1, 0.15) is 0 Å². The van der Waals surface area contributed by atoms with Gasteiger partial charge in [0.15, 0.2) is 5.96 Å². The first-order valence-corrected chi connectivity index (χ1v) is 8.84. The van der Waals surface area contributed by atoms with Crippen LogP contribution in [0.2, 0.25) is 0 Å². The molecule has 1 unspecified atom stereocenters. The average molecular weight is 440 g/mol. The molecule has 0 bridgehead atoms. The van der Waals surface area contributed by atoms with Crippen LogP contribution in [-0.2, 0) is 4.79 Å². The Hall–Kier alpha value is -0.530. The minimum atomic E-state index is 0. The van der Waals surface area contributed by atoms with Gasteiger partial charge in [-0.1, -0.05) is 47.0 Å². The van der Waals surface area contributed by atoms with Crippen LogP contribution >= 0.6 is 24.0 Å². The van der Waals surface area contributed by atoms with E-state index in [0.29, 0.717) is 19.0 Å². The Kier molecular flexibility index (Phi) is 17.6. The number of amides is 1. The number of aliphatic imine (C=N–C) groups is 1. The molecule has 0 rings (SSSR count). The molecule has 0 spiro atoms. The number of nitrogens with one attached hydrogen (secondary N) is 3. The van der Waals surface area contributed by atoms with Crippen LogP contribution in [0.5, 0.6) is 0 Å². The molecule has 0 aromatic rings. The van der Waals surface area contributed by atoms with E-state index >= 15 is 0 Å². The fraction of sp³-hybridized carbons (Fsp3) is 0.882. The van der Waals surface area contributed by atoms with E-state index in [1.165, 1.54) is 25.7 Å². The van der Waals surface area contributed by atoms with Crippen LogP contribution in [0.1, 0.15) is 60.3 Å². The van der Waals surface area contributed by atoms with E-state index in [2.05, 4.69) is 41.7 Å². The number of guanidine groups is 1. The van der Waals surface area contributed by atoms with Crippen LogP contribution in [0.4, 0.5) is 0 Å². The highest BCUT2D eigenvalue weighted by Crippen LogP contribution is 2.12. The fourth-order valence-electron chi connectivity index (χ4n) is 2.05. The highest BCUT2D eigenvalue weighted by atomic mass is 127. The highest BCUT2D eigenvalue weighted by Gasteiger charge is 2.07. The third-order valence-corrected chi connectivity index (χ3v) is 3.64. The molecule has 0 saturated carbocycles. The second-order valence-corrected chi connectivity index (χ2v) is 6.01. The molecule has 0 radical (unpaired) electrons. The zero-order chi connectivity index (χ0) is 16.8. The summed E-state index contributed by atoms with van der Waals surface area (Å²) in [6.07, 6.45) is 4.95. The first-order valence-electron chi connectivity index (χ1n) is 8.84. The monoisotopic (exact) mass is 440 g/mol. The summed E-state index contributed by atoms with van der Waals surface area (Å²) < 4.78 is 0. The summed E-state index contributed by atoms with van der Waals surface area (Å²) in [6.45, 7) is 13.3. The number of unbranched alkanes of at least 4 members (excludes halogenated alkanes) is 1. The molecule has 0 heterocycles. The van der Waals surface area contributed by atoms with Crippen LogP contribution in [-0.4, -0.2) is 38.0 Å². The predicted molar refractivity (Wildman–Crippen MR) is 111 cm³/mol. The lowest BCUT2D eigenvalue weighted by Crippen LogP contribution is -2.42. The number of halogens is 1. The third kappa shape index (κ3) is 13.6. The van der Waals surface area contributed by atoms with Crippen LogP contribution in [0.15, 0.2) is 4.99 Å². The van der Waals surface area contributed by atoms with Crippen LogP contribution in [0, 0.1) is 11.8 Å². The molecule has 0 aliphatic carbocycles. The number of nitrogens with zero attached hydrogens (tertiary/aromatic N) is 1. The van der Waals surface area contributed by atoms with E-state index in [0.717, 1.165) is 19.0 Å². The van der Waals surface area contributed by atoms with E-state index in [1.54, 1.807) is 0 Å². The van der Waals surface area contributed by atoms with Gasteiger partial charge in [0.2, 0.25) is 5.91 Å². The first-order chi connectivity index (χ1) is 10.5. The van der Waals surface area contributed by atoms with Crippen molar-refractivity contribution in [2.75, 3.05) is 26.2 Å². The lowest BCUT2D eigenvalue weighted by molar-refractivity contribution is -0.123. The van der Waals surface area contributed by atoms with E-state index in [4.69, 9.17) is 0 Å². The fourth-order valence-corrected chi connectivity index (χ4v) is 2.05. The van der Waals surface area contributed by atoms with Crippen molar-refractivity contribution in [1.29, 1.82) is 0 Å². The molecule has 1 amide bonds. The zero-order valence-electron chi connectivity index (χ0n) is 15.6. The number of carbonyl (C=O) groups is 1. The molecule has 138 valence electrons. The minimum absolute atomic E-state index is 0. The van der Waals surface area contributed by atoms with Crippen molar-refractivity contribution in [2.45, 2.75) is 60.3 Å². The van der Waals surface area contributed by atoms with E-state index < -0.39 is 0 Å². The summed E-state index contributed by atoms with van der Waals surface area (Å²) in [5.41, 5.74) is 0. The largest absolute Gasteiger partial charge is 0.357 e. The number of carbonyl (C=O) groups excluding carboxylic acids is 1. The summed E-state index contributed by atoms with van der Waals surface area (Å²) in [4.78, 5) is 16.2. The van der Waals surface area contributed by atoms with Gasteiger partial charge in [0, 0.05) is 32.1 Å². The van der Waals surface area contributed by atoms with E-state index in [9.17, 15) is 4.79 Å². The Bertz CT molecular complexity index is 322. The number of hydrogen-bond acceptors (Lipinski definition) is 2. The molecule has 5 nitrogen and oxygen atoms in total. The van der Waals surface area contributed by atoms with Crippen molar-refractivity contribution >= 4 is 35.8 Å². The van der Waals surface area contributed by atoms with Crippen molar-refractivity contribution in [3.8, 4) is 0 Å². The van der Waals surface area contributed by atoms with Gasteiger partial charge in [-0.15, -0.1) is 24.0 Å². The molecule has 3 N–H and O–H groups in total. The lowest BCUT2D eigenvalue weighted by atomic mass is 10.00. The standard InChI is InChI=1S/C17H36N4O.HI/c1-6-9-10-15(7-2)13-21-17(18-8-3)20-12-11-19-16(22)14(4)5;/h14-15H,6-13H2,1-5H3,(H,19,22)(H2,18,20,21);1H. The Morgan fingerprint density at radius 2 is 1.70 bits per heavy atom. The predicted octanol–water partition coefficient (Wildman–Crippen LogP) is 3.15. The normalized spacial score (nSPS) is 12.5. The molecule has 1 atom stereocenters. The molecule has 0 aliphatic heterocycles. The maximum absolute atomic E-state index is 11.5. The van der Waals surface area contributed by atoms with Crippen LogP contribution in [0.3, 0.4) is 0 Å². The maximum Gasteiger partial charge on any atom is 0.222 e. The van der Waals surface area contributed by atoms with Crippen molar-refractivity contribution in [1.82, 2.24) is 16.0 Å². The lowest BCUT2D eigenvalue weighted by Gasteiger charge is -2.15. The summed E-state index contributed by atoms with van der Waals surface area (Å²) in [7, 11) is 0. The van der Waals surface area contributed by atoms with Gasteiger partial charge in [-0.2, -0.15) is 0 Å². The SMILES string of the molecule is CCCCC(CC)CN=C(NCC)NCCNC(=O)C(C)C.I. The van der Waals surface area contributed by atoms with Gasteiger partial charge < -0.3 is 16.0 Å². The van der Waals surface area contributed by atoms with Crippen molar-refractivity contribution in [3.63, 3.8) is 0 Å². The molecular formula is C17H37IN4O. The second kappa shape index (κ2) is 16.3. The third-order valence-electron chi connectivity index (χ3n) is 3.64. The van der Waals surface area contributed by atoms with Crippen LogP contribution < -0.4 is 16.0 Å². The van der Waals surface area contributed by atoms with Gasteiger partial charge in [-0.05, 0) is 19.3 Å². The molecule has 0 aromatic carbocycles. The Morgan fingerprint density at radius 3 is 2.22 bits per heavy atom. The molecule has 6 heteroatoms. The van der Waals surface area contributed by atoms with Gasteiger partial charge >= 0.3 is 0 Å². The Labute approximate surface area is 159 Å². The average Bonchev–Trinajstić information content (AvgIpc) is 2.50. The van der Waals surface area contributed by atoms with E-state index in [-0.39, 0.29) is 35.8 Å². The Balaban J connectivity index is 0. The van der Waals surface area contributed by atoms with Gasteiger partial charge in [0.25, 0.3) is 0 Å². The van der Waals surface area contributed by atoms with Gasteiger partial charge in [-0.3, -0.25) is 9.79 Å². The first kappa shape index (κ1) is 24.7. The molecular weight excluding hydrogens is 403 g/mol. The van der Waals surface area contributed by atoms with E-state index in [1.807, 2.05) is 13.8 Å². The summed E-state index contributed by atoms with van der Waals surface area (Å²) >= 11 is 0. The Morgan fingerprint density at radius 1 is 1.04 bits per heavy atom. The highest BCUT2D eigenvalue weighted by molar-refractivity contribution is 14.0. The topological polar surface area (TPSA) is 65.5 Å². The smallest absolute Gasteiger partial charge is 0.222 e. The quantitative estimate of drug-likeness (QED) is 0.200. The zero-order valence-corrected chi connectivity index (χ0v) is 17.9. The molecule has 0 saturated heterocycles. The maximum atomic E-state index is 11.5. The van der Waals surface area contributed by atoms with Crippen LogP contribution in [0.25, 0.3) is 0 Å². The summed E-state index contributed by atoms with van der Waals surface area (Å²) in [5.74, 6) is 1.63. The van der Waals surface area contributed by atoms with Gasteiger partial charge in [-0.25, -0.2) is 0 Å². The van der Waals surface area contributed by atoms with Crippen molar-refractivity contribution < 1.29 is 4.79 Å². The van der Waals surface area contributed by atoms with Gasteiger partial charge in [0.05, 0.1) is 0 Å². The second-order valence-electron chi connectivity index (χ2n) is 6.01. The molecule has 0 fully saturated rings. The molecule has 23 heavy (non-hydrogen) atoms. The number of rotatable bonds is 11. The summed E-state index contributed by atoms with van der Waals surface area (Å²) in [5, 5.41) is 9.43. The molecule has 0 aliphatic rings. The minimum Gasteiger partial charge on any atom is -0.357 e. The van der Waals surface area contributed by atoms with Crippen molar-refractivity contribution in [3.05, 3.63) is 0 Å². The summed E-state index contributed by atoms with van der Waals surface area (Å²) in [6, 6.07) is 0. The molecule has 0 aromatic heterocycles. The number of hydrogen-bond donors (Lipinski definition) is 3.